The van der Waals surface area contributed by atoms with Crippen LogP contribution < -0.4 is 10.9 Å². The monoisotopic (exact) mass is 403 g/mol. The zero-order chi connectivity index (χ0) is 19.9. The molecule has 0 aromatic carbocycles. The summed E-state index contributed by atoms with van der Waals surface area (Å²) in [4.78, 5) is 40.9. The Hall–Kier alpha value is -1.82. The molecule has 0 aliphatic carbocycles. The van der Waals surface area contributed by atoms with Crippen LogP contribution in [0.1, 0.15) is 27.0 Å². The van der Waals surface area contributed by atoms with E-state index in [1.54, 1.807) is 6.92 Å². The van der Waals surface area contributed by atoms with Gasteiger partial charge in [-0.3, -0.25) is 18.9 Å². The van der Waals surface area contributed by atoms with Crippen molar-refractivity contribution in [1.82, 2.24) is 19.5 Å². The van der Waals surface area contributed by atoms with Crippen molar-refractivity contribution in [3.8, 4) is 0 Å². The van der Waals surface area contributed by atoms with Crippen LogP contribution in [-0.4, -0.2) is 59.3 Å². The average molecular weight is 403 g/mol. The maximum Gasteiger partial charge on any atom is 0.469 e. The first-order valence-corrected chi connectivity index (χ1v) is 9.87. The van der Waals surface area contributed by atoms with Crippen molar-refractivity contribution in [3.63, 3.8) is 0 Å². The number of aliphatic hydroxyl groups is 1. The molecule has 0 spiro atoms. The lowest BCUT2D eigenvalue weighted by Crippen LogP contribution is -2.26. The van der Waals surface area contributed by atoms with Crippen molar-refractivity contribution < 1.29 is 28.7 Å². The number of phosphoric acid groups is 1. The molecule has 150 valence electrons. The van der Waals surface area contributed by atoms with E-state index in [9.17, 15) is 14.5 Å². The Kier molecular flexibility index (Phi) is 5.39. The van der Waals surface area contributed by atoms with Gasteiger partial charge in [-0.1, -0.05) is 6.92 Å². The highest BCUT2D eigenvalue weighted by Gasteiger charge is 2.43. The summed E-state index contributed by atoms with van der Waals surface area (Å²) in [5.74, 6) is -0.222. The third-order valence-electron chi connectivity index (χ3n) is 4.27. The highest BCUT2D eigenvalue weighted by molar-refractivity contribution is 7.46. The van der Waals surface area contributed by atoms with Gasteiger partial charge in [-0.25, -0.2) is 9.55 Å². The molecule has 2 aromatic rings. The number of hydrogen-bond acceptors (Lipinski definition) is 8. The van der Waals surface area contributed by atoms with Crippen LogP contribution in [0.25, 0.3) is 11.2 Å². The molecule has 0 unspecified atom stereocenters. The molecule has 5 N–H and O–H groups in total. The Morgan fingerprint density at radius 3 is 2.81 bits per heavy atom. The number of aromatic nitrogens is 4. The number of aliphatic hydroxyl groups excluding tert-OH is 1. The Labute approximate surface area is 153 Å². The van der Waals surface area contributed by atoms with Crippen molar-refractivity contribution >= 4 is 24.9 Å². The van der Waals surface area contributed by atoms with Crippen molar-refractivity contribution in [1.29, 1.82) is 0 Å². The highest BCUT2D eigenvalue weighted by Crippen LogP contribution is 2.40. The molecule has 2 aromatic heterocycles. The summed E-state index contributed by atoms with van der Waals surface area (Å²) in [6.07, 6.45) is -1.38. The number of phosphoric ester groups is 1. The van der Waals surface area contributed by atoms with Gasteiger partial charge < -0.3 is 24.9 Å². The summed E-state index contributed by atoms with van der Waals surface area (Å²) in [5.41, 5.74) is -0.138. The van der Waals surface area contributed by atoms with E-state index in [-0.39, 0.29) is 29.8 Å². The molecular weight excluding hydrogens is 381 g/mol. The minimum Gasteiger partial charge on any atom is -0.388 e. The number of nitrogens with one attached hydrogen (secondary N) is 2. The SMILES string of the molecule is CC(C)Nc1nc2c(ncn2[C@@H]2O[C@H](COP(=O)(O)O)[C@@H](C)[C@H]2O)c(=O)[nH]1. The van der Waals surface area contributed by atoms with Crippen molar-refractivity contribution in [2.24, 2.45) is 5.92 Å². The van der Waals surface area contributed by atoms with Gasteiger partial charge >= 0.3 is 7.82 Å². The molecule has 1 saturated heterocycles. The second-order valence-corrected chi connectivity index (χ2v) is 7.98. The summed E-state index contributed by atoms with van der Waals surface area (Å²) in [7, 11) is -4.66. The first kappa shape index (κ1) is 19.9. The number of rotatable bonds is 6. The number of aromatic amines is 1. The van der Waals surface area contributed by atoms with E-state index < -0.39 is 37.7 Å². The fourth-order valence-corrected chi connectivity index (χ4v) is 3.25. The van der Waals surface area contributed by atoms with Gasteiger partial charge in [0.15, 0.2) is 17.4 Å². The van der Waals surface area contributed by atoms with Crippen LogP contribution in [0.15, 0.2) is 11.1 Å². The Morgan fingerprint density at radius 2 is 2.19 bits per heavy atom. The molecule has 4 atom stereocenters. The molecule has 0 bridgehead atoms. The molecule has 1 aliphatic heterocycles. The van der Waals surface area contributed by atoms with E-state index in [1.807, 2.05) is 13.8 Å². The van der Waals surface area contributed by atoms with E-state index in [0.717, 1.165) is 0 Å². The lowest BCUT2D eigenvalue weighted by Gasteiger charge is -2.17. The molecule has 3 heterocycles. The number of ether oxygens (including phenoxy) is 1. The molecule has 1 fully saturated rings. The predicted octanol–water partition coefficient (Wildman–Crippen LogP) is -0.0564. The number of hydrogen-bond donors (Lipinski definition) is 5. The first-order valence-electron chi connectivity index (χ1n) is 8.34. The fraction of sp³-hybridized carbons (Fsp3) is 0.643. The lowest BCUT2D eigenvalue weighted by molar-refractivity contribution is -0.0486. The lowest BCUT2D eigenvalue weighted by atomic mass is 10.0. The number of anilines is 1. The summed E-state index contributed by atoms with van der Waals surface area (Å²) in [6, 6.07) is 0.0319. The molecule has 12 nitrogen and oxygen atoms in total. The standard InChI is InChI=1S/C14H22N5O7P/c1-6(2)16-14-17-11-9(12(21)18-14)15-5-19(11)13-10(20)7(3)8(26-13)4-25-27(22,23)24/h5-8,10,13,20H,4H2,1-3H3,(H2,22,23,24)(H2,16,17,18,21)/t7-,8-,10-,13-/m1/s1. The Balaban J connectivity index is 1.91. The van der Waals surface area contributed by atoms with Crippen molar-refractivity contribution in [2.45, 2.75) is 45.2 Å². The zero-order valence-electron chi connectivity index (χ0n) is 14.9. The predicted molar refractivity (Wildman–Crippen MR) is 94.0 cm³/mol. The van der Waals surface area contributed by atoms with Crippen LogP contribution in [0.2, 0.25) is 0 Å². The summed E-state index contributed by atoms with van der Waals surface area (Å²) in [6.45, 7) is 5.06. The largest absolute Gasteiger partial charge is 0.469 e. The Bertz CT molecular complexity index is 922. The Morgan fingerprint density at radius 1 is 1.48 bits per heavy atom. The first-order chi connectivity index (χ1) is 12.6. The smallest absolute Gasteiger partial charge is 0.388 e. The van der Waals surface area contributed by atoms with Gasteiger partial charge in [-0.2, -0.15) is 4.98 Å². The van der Waals surface area contributed by atoms with Gasteiger partial charge in [0.25, 0.3) is 5.56 Å². The number of fused-ring (bicyclic) bond motifs is 1. The maximum atomic E-state index is 12.2. The van der Waals surface area contributed by atoms with Gasteiger partial charge in [-0.15, -0.1) is 0 Å². The molecule has 3 rings (SSSR count). The third kappa shape index (κ3) is 4.21. The second kappa shape index (κ2) is 7.30. The minimum absolute atomic E-state index is 0.0319. The molecular formula is C14H22N5O7P. The van der Waals surface area contributed by atoms with Gasteiger partial charge in [0.2, 0.25) is 5.95 Å². The quantitative estimate of drug-likeness (QED) is 0.412. The van der Waals surface area contributed by atoms with E-state index in [1.165, 1.54) is 10.9 Å². The van der Waals surface area contributed by atoms with E-state index in [4.69, 9.17) is 14.5 Å². The summed E-state index contributed by atoms with van der Waals surface area (Å²) in [5, 5.41) is 13.5. The third-order valence-corrected chi connectivity index (χ3v) is 4.76. The topological polar surface area (TPSA) is 172 Å². The fourth-order valence-electron chi connectivity index (χ4n) is 2.91. The maximum absolute atomic E-state index is 12.2. The van der Waals surface area contributed by atoms with E-state index in [2.05, 4.69) is 24.8 Å². The molecule has 13 heteroatoms. The highest BCUT2D eigenvalue weighted by atomic mass is 31.2. The molecule has 0 radical (unpaired) electrons. The number of nitrogens with zero attached hydrogens (tertiary/aromatic N) is 3. The second-order valence-electron chi connectivity index (χ2n) is 6.74. The van der Waals surface area contributed by atoms with Gasteiger partial charge in [-0.05, 0) is 13.8 Å². The van der Waals surface area contributed by atoms with Crippen molar-refractivity contribution in [3.05, 3.63) is 16.7 Å². The van der Waals surface area contributed by atoms with E-state index >= 15 is 0 Å². The summed E-state index contributed by atoms with van der Waals surface area (Å²) < 4.78 is 22.6. The molecule has 0 saturated carbocycles. The number of imidazole rings is 1. The summed E-state index contributed by atoms with van der Waals surface area (Å²) >= 11 is 0. The van der Waals surface area contributed by atoms with Crippen LogP contribution in [0.5, 0.6) is 0 Å². The molecule has 27 heavy (non-hydrogen) atoms. The number of H-pyrrole nitrogens is 1. The van der Waals surface area contributed by atoms with Crippen molar-refractivity contribution in [2.75, 3.05) is 11.9 Å². The average Bonchev–Trinajstić information content (AvgIpc) is 3.07. The van der Waals surface area contributed by atoms with E-state index in [0.29, 0.717) is 0 Å². The normalized spacial score (nSPS) is 26.2. The van der Waals surface area contributed by atoms with Gasteiger partial charge in [0.1, 0.15) is 6.10 Å². The zero-order valence-corrected chi connectivity index (χ0v) is 15.8. The van der Waals surface area contributed by atoms with Crippen LogP contribution in [0.4, 0.5) is 5.95 Å². The molecule has 0 amide bonds. The molecule has 1 aliphatic rings. The minimum atomic E-state index is -4.66. The van der Waals surface area contributed by atoms with Gasteiger partial charge in [0.05, 0.1) is 19.0 Å². The van der Waals surface area contributed by atoms with Crippen LogP contribution in [0, 0.1) is 5.92 Å². The van der Waals surface area contributed by atoms with Gasteiger partial charge in [0, 0.05) is 12.0 Å². The van der Waals surface area contributed by atoms with Crippen LogP contribution in [-0.2, 0) is 13.8 Å². The van der Waals surface area contributed by atoms with Crippen LogP contribution in [0.3, 0.4) is 0 Å². The van der Waals surface area contributed by atoms with Crippen LogP contribution >= 0.6 is 7.82 Å².